The maximum atomic E-state index is 11.7. The predicted octanol–water partition coefficient (Wildman–Crippen LogP) is 2.45. The van der Waals surface area contributed by atoms with Crippen LogP contribution in [0.15, 0.2) is 10.4 Å². The number of aromatic nitrogens is 1. The van der Waals surface area contributed by atoms with Crippen molar-refractivity contribution in [2.75, 3.05) is 0 Å². The summed E-state index contributed by atoms with van der Waals surface area (Å²) in [6, 6.07) is 0. The first-order chi connectivity index (χ1) is 4.50. The molecule has 0 aliphatic carbocycles. The lowest BCUT2D eigenvalue weighted by molar-refractivity contribution is -0.137. The topological polar surface area (TPSA) is 12.9 Å². The summed E-state index contributed by atoms with van der Waals surface area (Å²) >= 11 is 4.18. The van der Waals surface area contributed by atoms with E-state index in [9.17, 15) is 13.2 Å². The van der Waals surface area contributed by atoms with Crippen LogP contribution in [0.4, 0.5) is 13.2 Å². The van der Waals surface area contributed by atoms with Gasteiger partial charge in [-0.1, -0.05) is 0 Å². The molecule has 0 N–H and O–H groups in total. The maximum absolute atomic E-state index is 11.7. The molecule has 10 heavy (non-hydrogen) atoms. The minimum absolute atomic E-state index is 0.109. The van der Waals surface area contributed by atoms with Crippen molar-refractivity contribution in [2.45, 2.75) is 11.2 Å². The summed E-state index contributed by atoms with van der Waals surface area (Å²) in [7, 11) is 0. The lowest BCUT2D eigenvalue weighted by atomic mass is 10.7. The SMILES string of the molecule is FC(F)(F)c1nc(S)cs1. The Hall–Kier alpha value is -0.230. The smallest absolute Gasteiger partial charge is 0.226 e. The zero-order chi connectivity index (χ0) is 7.78. The molecule has 1 nitrogen and oxygen atoms in total. The summed E-state index contributed by atoms with van der Waals surface area (Å²) < 4.78 is 35.1. The monoisotopic (exact) mass is 185 g/mol. The second-order valence-electron chi connectivity index (χ2n) is 1.51. The van der Waals surface area contributed by atoms with Crippen LogP contribution in [0.1, 0.15) is 5.01 Å². The fourth-order valence-corrected chi connectivity index (χ4v) is 1.28. The van der Waals surface area contributed by atoms with Crippen molar-refractivity contribution < 1.29 is 13.2 Å². The molecule has 0 amide bonds. The van der Waals surface area contributed by atoms with Gasteiger partial charge in [0.1, 0.15) is 5.03 Å². The molecule has 0 fully saturated rings. The van der Waals surface area contributed by atoms with Crippen molar-refractivity contribution in [3.63, 3.8) is 0 Å². The molecular formula is C4H2F3NS2. The summed E-state index contributed by atoms with van der Waals surface area (Å²) in [6.45, 7) is 0. The Kier molecular flexibility index (Phi) is 1.91. The predicted molar refractivity (Wildman–Crippen MR) is 34.4 cm³/mol. The standard InChI is InChI=1S/C4H2F3NS2/c5-4(6,7)3-8-2(9)1-10-3/h1,9H. The van der Waals surface area contributed by atoms with E-state index in [2.05, 4.69) is 17.6 Å². The van der Waals surface area contributed by atoms with Gasteiger partial charge in [0, 0.05) is 5.38 Å². The molecule has 1 heterocycles. The van der Waals surface area contributed by atoms with Gasteiger partial charge in [-0.25, -0.2) is 4.98 Å². The van der Waals surface area contributed by atoms with Crippen LogP contribution in [0.5, 0.6) is 0 Å². The lowest BCUT2D eigenvalue weighted by Gasteiger charge is -1.98. The highest BCUT2D eigenvalue weighted by molar-refractivity contribution is 7.80. The van der Waals surface area contributed by atoms with E-state index in [0.717, 1.165) is 0 Å². The van der Waals surface area contributed by atoms with Gasteiger partial charge in [0.25, 0.3) is 0 Å². The zero-order valence-corrected chi connectivity index (χ0v) is 6.22. The lowest BCUT2D eigenvalue weighted by Crippen LogP contribution is -2.03. The van der Waals surface area contributed by atoms with Gasteiger partial charge < -0.3 is 0 Å². The highest BCUT2D eigenvalue weighted by Crippen LogP contribution is 2.32. The van der Waals surface area contributed by atoms with E-state index in [0.29, 0.717) is 11.3 Å². The van der Waals surface area contributed by atoms with Gasteiger partial charge in [0.15, 0.2) is 5.01 Å². The van der Waals surface area contributed by atoms with E-state index >= 15 is 0 Å². The zero-order valence-electron chi connectivity index (χ0n) is 4.51. The van der Waals surface area contributed by atoms with Gasteiger partial charge in [-0.2, -0.15) is 13.2 Å². The average molecular weight is 185 g/mol. The van der Waals surface area contributed by atoms with Crippen LogP contribution in [0, 0.1) is 0 Å². The molecule has 0 aromatic carbocycles. The molecule has 1 aromatic rings. The van der Waals surface area contributed by atoms with Gasteiger partial charge in [-0.3, -0.25) is 0 Å². The summed E-state index contributed by atoms with van der Waals surface area (Å²) in [4.78, 5) is 3.14. The number of rotatable bonds is 0. The number of halogens is 3. The largest absolute Gasteiger partial charge is 0.443 e. The summed E-state index contributed by atoms with van der Waals surface area (Å²) in [5.74, 6) is 0. The highest BCUT2D eigenvalue weighted by Gasteiger charge is 2.34. The molecule has 1 rings (SSSR count). The van der Waals surface area contributed by atoms with Crippen LogP contribution in [0.2, 0.25) is 0 Å². The highest BCUT2D eigenvalue weighted by atomic mass is 32.1. The molecule has 0 saturated heterocycles. The molecule has 56 valence electrons. The molecule has 1 aromatic heterocycles. The van der Waals surface area contributed by atoms with Crippen molar-refractivity contribution in [1.82, 2.24) is 4.98 Å². The molecule has 0 bridgehead atoms. The molecule has 0 aliphatic rings. The van der Waals surface area contributed by atoms with E-state index < -0.39 is 11.2 Å². The normalized spacial score (nSPS) is 12.0. The third-order valence-corrected chi connectivity index (χ3v) is 2.03. The number of hydrogen-bond acceptors (Lipinski definition) is 3. The molecule has 0 atom stereocenters. The Labute approximate surface area is 64.3 Å². The molecule has 0 unspecified atom stereocenters. The van der Waals surface area contributed by atoms with Crippen LogP contribution < -0.4 is 0 Å². The number of thiazole rings is 1. The molecule has 0 spiro atoms. The minimum Gasteiger partial charge on any atom is -0.226 e. The first kappa shape index (κ1) is 7.87. The minimum atomic E-state index is -4.33. The van der Waals surface area contributed by atoms with Crippen LogP contribution in [0.3, 0.4) is 0 Å². The Balaban J connectivity index is 2.96. The molecule has 0 radical (unpaired) electrons. The van der Waals surface area contributed by atoms with E-state index in [1.807, 2.05) is 0 Å². The fraction of sp³-hybridized carbons (Fsp3) is 0.250. The number of thiol groups is 1. The van der Waals surface area contributed by atoms with Crippen molar-refractivity contribution in [2.24, 2.45) is 0 Å². The van der Waals surface area contributed by atoms with Gasteiger partial charge in [0.2, 0.25) is 0 Å². The average Bonchev–Trinajstić information content (AvgIpc) is 2.11. The Bertz CT molecular complexity index is 229. The van der Waals surface area contributed by atoms with E-state index in [4.69, 9.17) is 0 Å². The number of nitrogens with zero attached hydrogens (tertiary/aromatic N) is 1. The number of hydrogen-bond donors (Lipinski definition) is 1. The molecule has 0 saturated carbocycles. The third-order valence-electron chi connectivity index (χ3n) is 0.735. The summed E-state index contributed by atoms with van der Waals surface area (Å²) in [5, 5.41) is 0.501. The number of alkyl halides is 3. The van der Waals surface area contributed by atoms with E-state index in [1.54, 1.807) is 0 Å². The van der Waals surface area contributed by atoms with Gasteiger partial charge in [0.05, 0.1) is 0 Å². The van der Waals surface area contributed by atoms with Crippen molar-refractivity contribution >= 4 is 24.0 Å². The quantitative estimate of drug-likeness (QED) is 0.612. The second-order valence-corrected chi connectivity index (χ2v) is 2.82. The van der Waals surface area contributed by atoms with E-state index in [-0.39, 0.29) is 5.03 Å². The third kappa shape index (κ3) is 1.63. The summed E-state index contributed by atoms with van der Waals surface area (Å²) in [5.41, 5.74) is 0. The van der Waals surface area contributed by atoms with Gasteiger partial charge >= 0.3 is 6.18 Å². The Morgan fingerprint density at radius 3 is 2.30 bits per heavy atom. The van der Waals surface area contributed by atoms with Crippen molar-refractivity contribution in [3.05, 3.63) is 10.4 Å². The fourth-order valence-electron chi connectivity index (χ4n) is 0.395. The Morgan fingerprint density at radius 1 is 1.50 bits per heavy atom. The Morgan fingerprint density at radius 2 is 2.10 bits per heavy atom. The first-order valence-electron chi connectivity index (χ1n) is 2.22. The van der Waals surface area contributed by atoms with Crippen molar-refractivity contribution in [1.29, 1.82) is 0 Å². The molecule has 0 aliphatic heterocycles. The van der Waals surface area contributed by atoms with E-state index in [1.165, 1.54) is 5.38 Å². The van der Waals surface area contributed by atoms with Crippen LogP contribution in [-0.4, -0.2) is 4.98 Å². The van der Waals surface area contributed by atoms with Crippen LogP contribution in [-0.2, 0) is 6.18 Å². The van der Waals surface area contributed by atoms with Gasteiger partial charge in [-0.05, 0) is 0 Å². The second kappa shape index (κ2) is 2.43. The first-order valence-corrected chi connectivity index (χ1v) is 3.54. The summed E-state index contributed by atoms with van der Waals surface area (Å²) in [6.07, 6.45) is -4.33. The molecule has 6 heteroatoms. The maximum Gasteiger partial charge on any atom is 0.443 e. The van der Waals surface area contributed by atoms with Crippen LogP contribution >= 0.6 is 24.0 Å². The van der Waals surface area contributed by atoms with Crippen LogP contribution in [0.25, 0.3) is 0 Å². The van der Waals surface area contributed by atoms with Crippen molar-refractivity contribution in [3.8, 4) is 0 Å². The van der Waals surface area contributed by atoms with Gasteiger partial charge in [-0.15, -0.1) is 24.0 Å². The molecular weight excluding hydrogens is 183 g/mol.